The molecule has 2 N–H and O–H groups in total. The molecular weight excluding hydrogens is 537 g/mol. The van der Waals surface area contributed by atoms with Gasteiger partial charge in [0.2, 0.25) is 5.95 Å². The summed E-state index contributed by atoms with van der Waals surface area (Å²) in [6, 6.07) is 10.6. The van der Waals surface area contributed by atoms with Crippen LogP contribution < -0.4 is 15.5 Å². The summed E-state index contributed by atoms with van der Waals surface area (Å²) in [7, 11) is -3.74. The Hall–Kier alpha value is -3.77. The summed E-state index contributed by atoms with van der Waals surface area (Å²) < 4.78 is 50.8. The molecule has 12 heteroatoms. The van der Waals surface area contributed by atoms with Crippen molar-refractivity contribution in [3.05, 3.63) is 66.2 Å². The molecule has 0 atom stereocenters. The molecule has 1 aliphatic rings. The van der Waals surface area contributed by atoms with Crippen LogP contribution in [0.2, 0.25) is 0 Å². The molecule has 1 fully saturated rings. The minimum Gasteiger partial charge on any atom is -0.444 e. The summed E-state index contributed by atoms with van der Waals surface area (Å²) in [6.45, 7) is 8.45. The van der Waals surface area contributed by atoms with Crippen molar-refractivity contribution in [2.45, 2.75) is 37.0 Å². The van der Waals surface area contributed by atoms with Gasteiger partial charge in [-0.25, -0.2) is 27.6 Å². The van der Waals surface area contributed by atoms with Crippen LogP contribution in [0.3, 0.4) is 0 Å². The van der Waals surface area contributed by atoms with Crippen LogP contribution in [-0.2, 0) is 25.1 Å². The van der Waals surface area contributed by atoms with Crippen molar-refractivity contribution in [1.82, 2.24) is 15.3 Å². The summed E-state index contributed by atoms with van der Waals surface area (Å²) >= 11 is 0. The number of aromatic nitrogens is 2. The van der Waals surface area contributed by atoms with E-state index in [1.54, 1.807) is 45.3 Å². The highest BCUT2D eigenvalue weighted by molar-refractivity contribution is 7.90. The quantitative estimate of drug-likeness (QED) is 0.367. The lowest BCUT2D eigenvalue weighted by Crippen LogP contribution is -2.36. The number of benzene rings is 2. The van der Waals surface area contributed by atoms with E-state index in [1.807, 2.05) is 6.07 Å². The number of amides is 1. The van der Waals surface area contributed by atoms with E-state index < -0.39 is 27.3 Å². The zero-order valence-electron chi connectivity index (χ0n) is 22.8. The van der Waals surface area contributed by atoms with Crippen molar-refractivity contribution in [2.24, 2.45) is 0 Å². The van der Waals surface area contributed by atoms with Crippen LogP contribution in [0.15, 0.2) is 59.8 Å². The second-order valence-electron chi connectivity index (χ2n) is 10.4. The normalized spacial score (nSPS) is 14.1. The number of carbonyl (C=O) groups is 1. The number of nitrogens with one attached hydrogen (secondary N) is 2. The molecule has 1 aliphatic heterocycles. The Balaban J connectivity index is 1.51. The lowest BCUT2D eigenvalue weighted by molar-refractivity contribution is 0.0530. The van der Waals surface area contributed by atoms with Gasteiger partial charge in [0, 0.05) is 49.8 Å². The van der Waals surface area contributed by atoms with Crippen molar-refractivity contribution < 1.29 is 27.1 Å². The molecule has 0 bridgehead atoms. The van der Waals surface area contributed by atoms with Crippen LogP contribution in [0.1, 0.15) is 26.3 Å². The van der Waals surface area contributed by atoms with Gasteiger partial charge in [-0.05, 0) is 62.2 Å². The van der Waals surface area contributed by atoms with Gasteiger partial charge < -0.3 is 25.0 Å². The molecule has 3 aromatic rings. The number of sulfone groups is 1. The highest BCUT2D eigenvalue weighted by Gasteiger charge is 2.21. The van der Waals surface area contributed by atoms with E-state index in [0.717, 1.165) is 5.69 Å². The minimum absolute atomic E-state index is 0.159. The Morgan fingerprint density at radius 1 is 1.02 bits per heavy atom. The van der Waals surface area contributed by atoms with Gasteiger partial charge in [0.25, 0.3) is 0 Å². The summed E-state index contributed by atoms with van der Waals surface area (Å²) in [4.78, 5) is 22.7. The predicted molar refractivity (Wildman–Crippen MR) is 151 cm³/mol. The van der Waals surface area contributed by atoms with Crippen molar-refractivity contribution in [2.75, 3.05) is 49.6 Å². The second kappa shape index (κ2) is 12.6. The minimum atomic E-state index is -3.74. The van der Waals surface area contributed by atoms with E-state index >= 15 is 0 Å². The molecule has 214 valence electrons. The molecule has 1 saturated heterocycles. The zero-order valence-corrected chi connectivity index (χ0v) is 23.6. The van der Waals surface area contributed by atoms with Gasteiger partial charge in [-0.1, -0.05) is 12.1 Å². The smallest absolute Gasteiger partial charge is 0.407 e. The topological polar surface area (TPSA) is 123 Å². The monoisotopic (exact) mass is 571 g/mol. The standard InChI is InChI=1S/C28H34FN5O5S/c1-28(2,3)39-27(35)31-9-8-30-26-32-17-22(18-33-26)21-14-24(34-10-12-38-13-11-34)16-25(15-21)40(36,37)19-20-4-6-23(29)7-5-20/h4-7,14-18H,8-13,19H2,1-3H3,(H,31,35)(H,30,32,33). The number of morpholine rings is 1. The lowest BCUT2D eigenvalue weighted by atomic mass is 10.1. The first kappa shape index (κ1) is 29.2. The Labute approximate surface area is 233 Å². The third-order valence-corrected chi connectivity index (χ3v) is 7.63. The first-order chi connectivity index (χ1) is 19.0. The first-order valence-corrected chi connectivity index (χ1v) is 14.6. The van der Waals surface area contributed by atoms with Crippen LogP contribution in [0.25, 0.3) is 11.1 Å². The Kier molecular flexibility index (Phi) is 9.21. The molecule has 0 unspecified atom stereocenters. The van der Waals surface area contributed by atoms with E-state index in [-0.39, 0.29) is 10.6 Å². The summed E-state index contributed by atoms with van der Waals surface area (Å²) in [5.74, 6) is -0.311. The maximum absolute atomic E-state index is 13.4. The molecule has 10 nitrogen and oxygen atoms in total. The largest absolute Gasteiger partial charge is 0.444 e. The van der Waals surface area contributed by atoms with Crippen molar-refractivity contribution in [3.8, 4) is 11.1 Å². The molecule has 4 rings (SSSR count). The third-order valence-electron chi connectivity index (χ3n) is 5.96. The number of hydrogen-bond donors (Lipinski definition) is 2. The summed E-state index contributed by atoms with van der Waals surface area (Å²) in [5.41, 5.74) is 1.98. The molecule has 2 aromatic carbocycles. The Morgan fingerprint density at radius 2 is 1.70 bits per heavy atom. The average molecular weight is 572 g/mol. The van der Waals surface area contributed by atoms with Crippen molar-refractivity contribution in [3.63, 3.8) is 0 Å². The van der Waals surface area contributed by atoms with Crippen LogP contribution >= 0.6 is 0 Å². The Bertz CT molecular complexity index is 1400. The van der Waals surface area contributed by atoms with Crippen LogP contribution in [0.4, 0.5) is 20.8 Å². The number of nitrogens with zero attached hydrogens (tertiary/aromatic N) is 3. The Morgan fingerprint density at radius 3 is 2.35 bits per heavy atom. The fourth-order valence-electron chi connectivity index (χ4n) is 4.04. The molecule has 0 saturated carbocycles. The molecule has 0 aliphatic carbocycles. The van der Waals surface area contributed by atoms with E-state index in [4.69, 9.17) is 9.47 Å². The van der Waals surface area contributed by atoms with Crippen LogP contribution in [0, 0.1) is 5.82 Å². The van der Waals surface area contributed by atoms with E-state index in [9.17, 15) is 17.6 Å². The van der Waals surface area contributed by atoms with Gasteiger partial charge in [0.05, 0.1) is 23.9 Å². The number of anilines is 2. The number of rotatable bonds is 9. The van der Waals surface area contributed by atoms with Gasteiger partial charge in [0.1, 0.15) is 11.4 Å². The number of halogens is 1. The van der Waals surface area contributed by atoms with Gasteiger partial charge in [-0.2, -0.15) is 0 Å². The molecule has 0 radical (unpaired) electrons. The van der Waals surface area contributed by atoms with Crippen LogP contribution in [0.5, 0.6) is 0 Å². The third kappa shape index (κ3) is 8.36. The highest BCUT2D eigenvalue weighted by Crippen LogP contribution is 2.31. The number of ether oxygens (including phenoxy) is 2. The van der Waals surface area contributed by atoms with E-state index in [0.29, 0.717) is 62.0 Å². The molecular formula is C28H34FN5O5S. The van der Waals surface area contributed by atoms with Crippen molar-refractivity contribution in [1.29, 1.82) is 0 Å². The van der Waals surface area contributed by atoms with Gasteiger partial charge in [-0.15, -0.1) is 0 Å². The molecule has 40 heavy (non-hydrogen) atoms. The van der Waals surface area contributed by atoms with Gasteiger partial charge in [0.15, 0.2) is 9.84 Å². The molecule has 1 amide bonds. The summed E-state index contributed by atoms with van der Waals surface area (Å²) in [6.07, 6.45) is 2.73. The van der Waals surface area contributed by atoms with E-state index in [2.05, 4.69) is 25.5 Å². The maximum Gasteiger partial charge on any atom is 0.407 e. The molecule has 2 heterocycles. The number of hydrogen-bond acceptors (Lipinski definition) is 9. The SMILES string of the molecule is CC(C)(C)OC(=O)NCCNc1ncc(-c2cc(N3CCOCC3)cc(S(=O)(=O)Cc3ccc(F)cc3)c2)cn1. The predicted octanol–water partition coefficient (Wildman–Crippen LogP) is 4.03. The zero-order chi connectivity index (χ0) is 28.8. The maximum atomic E-state index is 13.4. The number of carbonyl (C=O) groups excluding carboxylic acids is 1. The fraction of sp³-hybridized carbons (Fsp3) is 0.393. The van der Waals surface area contributed by atoms with E-state index in [1.165, 1.54) is 24.3 Å². The summed E-state index contributed by atoms with van der Waals surface area (Å²) in [5, 5.41) is 5.69. The molecule has 0 spiro atoms. The average Bonchev–Trinajstić information content (AvgIpc) is 2.92. The lowest BCUT2D eigenvalue weighted by Gasteiger charge is -2.29. The van der Waals surface area contributed by atoms with Crippen LogP contribution in [-0.4, -0.2) is 69.5 Å². The van der Waals surface area contributed by atoms with Crippen molar-refractivity contribution >= 4 is 27.6 Å². The number of alkyl carbamates (subject to hydrolysis) is 1. The highest BCUT2D eigenvalue weighted by atomic mass is 32.2. The van der Waals surface area contributed by atoms with Gasteiger partial charge >= 0.3 is 6.09 Å². The fourth-order valence-corrected chi connectivity index (χ4v) is 5.44. The second-order valence-corrected chi connectivity index (χ2v) is 12.3. The van der Waals surface area contributed by atoms with Gasteiger partial charge in [-0.3, -0.25) is 0 Å². The molecule has 1 aromatic heterocycles. The first-order valence-electron chi connectivity index (χ1n) is 13.0.